The molecule has 1 atom stereocenters. The van der Waals surface area contributed by atoms with Crippen LogP contribution in [0, 0.1) is 17.3 Å². The van der Waals surface area contributed by atoms with Gasteiger partial charge >= 0.3 is 5.97 Å². The topological polar surface area (TPSA) is 86.0 Å². The third kappa shape index (κ3) is 8.79. The zero-order chi connectivity index (χ0) is 17.1. The van der Waals surface area contributed by atoms with Crippen molar-refractivity contribution in [3.8, 4) is 11.8 Å². The monoisotopic (exact) mass is 319 g/mol. The van der Waals surface area contributed by atoms with Crippen molar-refractivity contribution >= 4 is 17.9 Å². The summed E-state index contributed by atoms with van der Waals surface area (Å²) in [6.07, 6.45) is 7.18. The second-order valence-corrected chi connectivity index (χ2v) is 5.64. The molecule has 0 bridgehead atoms. The number of carboxylic acid groups (broad SMARTS) is 1. The van der Waals surface area contributed by atoms with E-state index in [4.69, 9.17) is 15.3 Å². The molecule has 6 nitrogen and oxygen atoms in total. The van der Waals surface area contributed by atoms with Crippen molar-refractivity contribution in [1.82, 2.24) is 4.90 Å². The number of unbranched alkanes of at least 4 members (excludes halogenated alkanes) is 2. The number of carbonyl (C=O) groups is 1. The third-order valence-electron chi connectivity index (χ3n) is 3.19. The highest BCUT2D eigenvalue weighted by Gasteiger charge is 2.08. The summed E-state index contributed by atoms with van der Waals surface area (Å²) in [6, 6.07) is 0.0179. The third-order valence-corrected chi connectivity index (χ3v) is 3.19. The van der Waals surface area contributed by atoms with Crippen LogP contribution in [0.15, 0.2) is 16.8 Å². The average Bonchev–Trinajstić information content (AvgIpc) is 2.51. The lowest BCUT2D eigenvalue weighted by atomic mass is 10.1. The van der Waals surface area contributed by atoms with Crippen LogP contribution in [-0.2, 0) is 9.53 Å². The number of nitrogens with one attached hydrogen (secondary N) is 1. The van der Waals surface area contributed by atoms with Gasteiger partial charge in [0.1, 0.15) is 17.5 Å². The molecule has 23 heavy (non-hydrogen) atoms. The number of ether oxygens (including phenoxy) is 1. The molecule has 0 fully saturated rings. The van der Waals surface area contributed by atoms with Crippen LogP contribution in [0.25, 0.3) is 0 Å². The minimum Gasteiger partial charge on any atom is -0.492 e. The second-order valence-electron chi connectivity index (χ2n) is 5.64. The number of allylic oxidation sites excluding steroid dienone is 1. The van der Waals surface area contributed by atoms with Crippen LogP contribution >= 0.6 is 0 Å². The van der Waals surface area contributed by atoms with Crippen molar-refractivity contribution in [2.24, 2.45) is 4.99 Å². The van der Waals surface area contributed by atoms with Gasteiger partial charge in [0.05, 0.1) is 19.4 Å². The first-order chi connectivity index (χ1) is 11.0. The zero-order valence-corrected chi connectivity index (χ0v) is 13.8. The van der Waals surface area contributed by atoms with Crippen molar-refractivity contribution in [2.75, 3.05) is 27.2 Å². The molecule has 0 aromatic carbocycles. The normalized spacial score (nSPS) is 16.5. The van der Waals surface area contributed by atoms with Crippen LogP contribution in [0.5, 0.6) is 0 Å². The Bertz CT molecular complexity index is 527. The van der Waals surface area contributed by atoms with Crippen molar-refractivity contribution in [3.63, 3.8) is 0 Å². The smallest absolute Gasteiger partial charge is 0.349 e. The van der Waals surface area contributed by atoms with Gasteiger partial charge in [-0.2, -0.15) is 0 Å². The maximum absolute atomic E-state index is 10.5. The number of hydrogen-bond acceptors (Lipinski definition) is 5. The molecule has 0 radical (unpaired) electrons. The molecule has 0 aliphatic carbocycles. The largest absolute Gasteiger partial charge is 0.492 e. The van der Waals surface area contributed by atoms with Gasteiger partial charge in [-0.1, -0.05) is 11.8 Å². The number of nitrogens with zero attached hydrogens (tertiary/aromatic N) is 2. The van der Waals surface area contributed by atoms with E-state index in [0.717, 1.165) is 31.6 Å². The summed E-state index contributed by atoms with van der Waals surface area (Å²) in [5.41, 5.74) is -0.227. The highest BCUT2D eigenvalue weighted by Crippen LogP contribution is 2.10. The number of rotatable bonds is 9. The molecule has 0 spiro atoms. The van der Waals surface area contributed by atoms with E-state index in [1.54, 1.807) is 6.21 Å². The summed E-state index contributed by atoms with van der Waals surface area (Å²) in [6.45, 7) is 1.31. The number of dihydropyridines is 1. The molecule has 1 rings (SSSR count). The fourth-order valence-corrected chi connectivity index (χ4v) is 1.90. The molecule has 0 aromatic heterocycles. The molecule has 1 aliphatic heterocycles. The van der Waals surface area contributed by atoms with Crippen LogP contribution in [0.4, 0.5) is 0 Å². The number of aliphatic imine (C=N–C) groups is 1. The van der Waals surface area contributed by atoms with Gasteiger partial charge in [0.25, 0.3) is 0 Å². The highest BCUT2D eigenvalue weighted by atomic mass is 16.5. The van der Waals surface area contributed by atoms with Gasteiger partial charge in [0.15, 0.2) is 0 Å². The average molecular weight is 319 g/mol. The lowest BCUT2D eigenvalue weighted by molar-refractivity contribution is -0.129. The van der Waals surface area contributed by atoms with Crippen LogP contribution in [-0.4, -0.2) is 61.2 Å². The van der Waals surface area contributed by atoms with Crippen LogP contribution in [0.2, 0.25) is 0 Å². The van der Waals surface area contributed by atoms with Gasteiger partial charge in [-0.3, -0.25) is 15.3 Å². The summed E-state index contributed by atoms with van der Waals surface area (Å²) < 4.78 is 5.61. The quantitative estimate of drug-likeness (QED) is 0.386. The Morgan fingerprint density at radius 1 is 1.48 bits per heavy atom. The minimum absolute atomic E-state index is 0.0179. The Morgan fingerprint density at radius 2 is 2.26 bits per heavy atom. The lowest BCUT2D eigenvalue weighted by Gasteiger charge is -2.12. The molecular weight excluding hydrogens is 294 g/mol. The molecule has 1 aliphatic rings. The summed E-state index contributed by atoms with van der Waals surface area (Å²) in [5, 5.41) is 15.8. The molecular formula is C17H25N3O3. The van der Waals surface area contributed by atoms with Crippen molar-refractivity contribution in [2.45, 2.75) is 38.1 Å². The summed E-state index contributed by atoms with van der Waals surface area (Å²) >= 11 is 0. The molecule has 1 heterocycles. The van der Waals surface area contributed by atoms with E-state index in [-0.39, 0.29) is 11.8 Å². The molecule has 6 heteroatoms. The van der Waals surface area contributed by atoms with E-state index in [1.165, 1.54) is 0 Å². The number of hydrogen-bond donors (Lipinski definition) is 2. The van der Waals surface area contributed by atoms with E-state index in [1.807, 2.05) is 25.1 Å². The fraction of sp³-hybridized carbons (Fsp3) is 0.588. The maximum atomic E-state index is 10.5. The predicted molar refractivity (Wildman–Crippen MR) is 91.1 cm³/mol. The number of aliphatic carboxylic acids is 1. The standard InChI is InChI=1S/C17H25N3O3/c1-20(2)11-6-7-14-9-10-15(13-19-14)23-12-5-3-4-8-16(18)17(21)22/h10,13-14,18H,3-5,8-9,11-12H2,1-2H3,(H,21,22). The molecule has 126 valence electrons. The predicted octanol–water partition coefficient (Wildman–Crippen LogP) is 1.96. The molecule has 0 saturated carbocycles. The Labute approximate surface area is 137 Å². The van der Waals surface area contributed by atoms with Crippen LogP contribution < -0.4 is 0 Å². The summed E-state index contributed by atoms with van der Waals surface area (Å²) in [7, 11) is 3.96. The number of carboxylic acids is 1. The van der Waals surface area contributed by atoms with E-state index >= 15 is 0 Å². The molecule has 1 unspecified atom stereocenters. The molecule has 2 N–H and O–H groups in total. The van der Waals surface area contributed by atoms with Gasteiger partial charge < -0.3 is 9.84 Å². The van der Waals surface area contributed by atoms with Crippen molar-refractivity contribution in [3.05, 3.63) is 11.8 Å². The Morgan fingerprint density at radius 3 is 2.87 bits per heavy atom. The van der Waals surface area contributed by atoms with Gasteiger partial charge in [0.2, 0.25) is 0 Å². The summed E-state index contributed by atoms with van der Waals surface area (Å²) in [5.74, 6) is 5.85. The van der Waals surface area contributed by atoms with Crippen molar-refractivity contribution in [1.29, 1.82) is 5.41 Å². The first kappa shape index (κ1) is 18.9. The minimum atomic E-state index is -1.13. The van der Waals surface area contributed by atoms with Gasteiger partial charge in [-0.05, 0) is 45.9 Å². The maximum Gasteiger partial charge on any atom is 0.349 e. The van der Waals surface area contributed by atoms with E-state index in [0.29, 0.717) is 19.4 Å². The Balaban J connectivity index is 2.12. The molecule has 0 amide bonds. The Kier molecular flexibility index (Phi) is 8.70. The first-order valence-corrected chi connectivity index (χ1v) is 7.79. The Hall–Kier alpha value is -2.13. The van der Waals surface area contributed by atoms with Gasteiger partial charge in [0, 0.05) is 6.42 Å². The fourth-order valence-electron chi connectivity index (χ4n) is 1.90. The van der Waals surface area contributed by atoms with Crippen molar-refractivity contribution < 1.29 is 14.6 Å². The first-order valence-electron chi connectivity index (χ1n) is 7.79. The van der Waals surface area contributed by atoms with E-state index < -0.39 is 5.97 Å². The SMILES string of the molecule is CN(C)CC#CC1CC=C(OCCCCCC(=N)C(=O)O)C=N1. The van der Waals surface area contributed by atoms with Crippen LogP contribution in [0.1, 0.15) is 32.1 Å². The molecule has 0 saturated heterocycles. The zero-order valence-electron chi connectivity index (χ0n) is 13.8. The highest BCUT2D eigenvalue weighted by molar-refractivity contribution is 6.34. The molecule has 0 aromatic rings. The van der Waals surface area contributed by atoms with E-state index in [9.17, 15) is 4.79 Å². The van der Waals surface area contributed by atoms with E-state index in [2.05, 4.69) is 16.8 Å². The van der Waals surface area contributed by atoms with Gasteiger partial charge in [-0.15, -0.1) is 0 Å². The van der Waals surface area contributed by atoms with Crippen LogP contribution in [0.3, 0.4) is 0 Å². The lowest BCUT2D eigenvalue weighted by Crippen LogP contribution is -2.13. The summed E-state index contributed by atoms with van der Waals surface area (Å²) in [4.78, 5) is 16.8. The second kappa shape index (κ2) is 10.6. The van der Waals surface area contributed by atoms with Gasteiger partial charge in [-0.25, -0.2) is 4.79 Å².